The molecule has 0 amide bonds. The van der Waals surface area contributed by atoms with E-state index in [0.717, 1.165) is 18.5 Å². The van der Waals surface area contributed by atoms with Crippen molar-refractivity contribution in [1.82, 2.24) is 30.4 Å². The third-order valence-corrected chi connectivity index (χ3v) is 2.86. The Labute approximate surface area is 121 Å². The van der Waals surface area contributed by atoms with E-state index in [1.807, 2.05) is 30.3 Å². The second-order valence-corrected chi connectivity index (χ2v) is 4.45. The van der Waals surface area contributed by atoms with Gasteiger partial charge in [0.15, 0.2) is 5.82 Å². The summed E-state index contributed by atoms with van der Waals surface area (Å²) in [6.45, 7) is 2.46. The standard InChI is InChI=1S/C13H15N7O/c1-2-6-12-16-17-13(21-12)14-9-11-15-18-19-20(11)10-7-4-3-5-8-10/h3-5,7-8H,2,6,9H2,1H3,(H,14,17). The lowest BCUT2D eigenvalue weighted by Gasteiger charge is -2.04. The monoisotopic (exact) mass is 285 g/mol. The number of aryl methyl sites for hydroxylation is 1. The van der Waals surface area contributed by atoms with Crippen LogP contribution < -0.4 is 5.32 Å². The smallest absolute Gasteiger partial charge is 0.315 e. The Morgan fingerprint density at radius 3 is 2.81 bits per heavy atom. The van der Waals surface area contributed by atoms with Gasteiger partial charge in [0.1, 0.15) is 0 Å². The average molecular weight is 285 g/mol. The van der Waals surface area contributed by atoms with Crippen LogP contribution in [-0.4, -0.2) is 30.4 Å². The summed E-state index contributed by atoms with van der Waals surface area (Å²) >= 11 is 0. The van der Waals surface area contributed by atoms with Crippen LogP contribution in [0.4, 0.5) is 6.01 Å². The van der Waals surface area contributed by atoms with E-state index in [2.05, 4.69) is 38.0 Å². The van der Waals surface area contributed by atoms with Crippen molar-refractivity contribution in [3.8, 4) is 5.69 Å². The van der Waals surface area contributed by atoms with Gasteiger partial charge in [-0.2, -0.15) is 4.68 Å². The molecule has 1 aromatic carbocycles. The molecule has 8 heteroatoms. The van der Waals surface area contributed by atoms with Crippen molar-refractivity contribution in [2.45, 2.75) is 26.3 Å². The Bertz CT molecular complexity index is 691. The molecule has 2 aromatic heterocycles. The summed E-state index contributed by atoms with van der Waals surface area (Å²) in [5, 5.41) is 22.6. The van der Waals surface area contributed by atoms with Crippen LogP contribution in [0.3, 0.4) is 0 Å². The Kier molecular flexibility index (Phi) is 3.85. The first-order valence-electron chi connectivity index (χ1n) is 6.75. The van der Waals surface area contributed by atoms with Gasteiger partial charge in [-0.1, -0.05) is 30.2 Å². The molecule has 0 saturated heterocycles. The number of benzene rings is 1. The number of hydrogen-bond acceptors (Lipinski definition) is 7. The molecule has 0 aliphatic carbocycles. The molecule has 0 unspecified atom stereocenters. The van der Waals surface area contributed by atoms with Gasteiger partial charge < -0.3 is 9.73 Å². The van der Waals surface area contributed by atoms with Gasteiger partial charge in [0.25, 0.3) is 0 Å². The minimum atomic E-state index is 0.376. The summed E-state index contributed by atoms with van der Waals surface area (Å²) in [5.41, 5.74) is 0.900. The van der Waals surface area contributed by atoms with Gasteiger partial charge in [-0.3, -0.25) is 0 Å². The Morgan fingerprint density at radius 2 is 2.00 bits per heavy atom. The van der Waals surface area contributed by atoms with Crippen LogP contribution in [-0.2, 0) is 13.0 Å². The van der Waals surface area contributed by atoms with Crippen molar-refractivity contribution >= 4 is 6.01 Å². The van der Waals surface area contributed by atoms with Gasteiger partial charge in [0.05, 0.1) is 12.2 Å². The number of aromatic nitrogens is 6. The largest absolute Gasteiger partial charge is 0.408 e. The number of nitrogens with one attached hydrogen (secondary N) is 1. The molecule has 8 nitrogen and oxygen atoms in total. The molecule has 0 fully saturated rings. The highest BCUT2D eigenvalue weighted by Crippen LogP contribution is 2.10. The summed E-state index contributed by atoms with van der Waals surface area (Å²) in [5.74, 6) is 1.29. The second kappa shape index (κ2) is 6.12. The van der Waals surface area contributed by atoms with Gasteiger partial charge in [-0.05, 0) is 29.0 Å². The van der Waals surface area contributed by atoms with E-state index in [-0.39, 0.29) is 0 Å². The maximum absolute atomic E-state index is 5.46. The highest BCUT2D eigenvalue weighted by Gasteiger charge is 2.10. The van der Waals surface area contributed by atoms with Crippen LogP contribution in [0.2, 0.25) is 0 Å². The van der Waals surface area contributed by atoms with E-state index in [1.54, 1.807) is 4.68 Å². The van der Waals surface area contributed by atoms with Crippen LogP contribution in [0, 0.1) is 0 Å². The van der Waals surface area contributed by atoms with Gasteiger partial charge >= 0.3 is 6.01 Å². The zero-order chi connectivity index (χ0) is 14.5. The zero-order valence-corrected chi connectivity index (χ0v) is 11.6. The molecule has 3 rings (SSSR count). The lowest BCUT2D eigenvalue weighted by molar-refractivity contribution is 0.500. The van der Waals surface area contributed by atoms with Crippen molar-refractivity contribution in [1.29, 1.82) is 0 Å². The molecular weight excluding hydrogens is 270 g/mol. The van der Waals surface area contributed by atoms with Crippen LogP contribution in [0.1, 0.15) is 25.1 Å². The molecular formula is C13H15N7O. The van der Waals surface area contributed by atoms with E-state index >= 15 is 0 Å². The number of nitrogens with zero attached hydrogens (tertiary/aromatic N) is 6. The fourth-order valence-corrected chi connectivity index (χ4v) is 1.88. The van der Waals surface area contributed by atoms with Gasteiger partial charge in [0, 0.05) is 6.42 Å². The van der Waals surface area contributed by atoms with Crippen molar-refractivity contribution in [2.75, 3.05) is 5.32 Å². The van der Waals surface area contributed by atoms with Crippen LogP contribution in [0.5, 0.6) is 0 Å². The van der Waals surface area contributed by atoms with E-state index < -0.39 is 0 Å². The van der Waals surface area contributed by atoms with Crippen molar-refractivity contribution < 1.29 is 4.42 Å². The number of tetrazole rings is 1. The maximum atomic E-state index is 5.46. The maximum Gasteiger partial charge on any atom is 0.315 e. The first-order valence-corrected chi connectivity index (χ1v) is 6.75. The summed E-state index contributed by atoms with van der Waals surface area (Å²) in [6.07, 6.45) is 1.74. The molecule has 0 aliphatic heterocycles. The van der Waals surface area contributed by atoms with Crippen molar-refractivity contribution in [3.63, 3.8) is 0 Å². The van der Waals surface area contributed by atoms with Crippen LogP contribution >= 0.6 is 0 Å². The molecule has 21 heavy (non-hydrogen) atoms. The minimum Gasteiger partial charge on any atom is -0.408 e. The molecule has 0 saturated carbocycles. The number of rotatable bonds is 6. The van der Waals surface area contributed by atoms with E-state index in [4.69, 9.17) is 4.42 Å². The SMILES string of the molecule is CCCc1nnc(NCc2nnnn2-c2ccccc2)o1. The quantitative estimate of drug-likeness (QED) is 0.735. The van der Waals surface area contributed by atoms with Gasteiger partial charge in [0.2, 0.25) is 5.89 Å². The van der Waals surface area contributed by atoms with Gasteiger partial charge in [-0.15, -0.1) is 10.2 Å². The molecule has 0 atom stereocenters. The molecule has 0 spiro atoms. The summed E-state index contributed by atoms with van der Waals surface area (Å²) in [7, 11) is 0. The number of para-hydroxylation sites is 1. The Hall–Kier alpha value is -2.77. The third-order valence-electron chi connectivity index (χ3n) is 2.86. The molecule has 1 N–H and O–H groups in total. The molecule has 2 heterocycles. The van der Waals surface area contributed by atoms with Crippen molar-refractivity contribution in [2.24, 2.45) is 0 Å². The fourth-order valence-electron chi connectivity index (χ4n) is 1.88. The third kappa shape index (κ3) is 3.04. The lowest BCUT2D eigenvalue weighted by atomic mass is 10.3. The van der Waals surface area contributed by atoms with E-state index in [1.165, 1.54) is 0 Å². The number of anilines is 1. The Morgan fingerprint density at radius 1 is 1.14 bits per heavy atom. The van der Waals surface area contributed by atoms with E-state index in [9.17, 15) is 0 Å². The summed E-state index contributed by atoms with van der Waals surface area (Å²) < 4.78 is 7.12. The lowest BCUT2D eigenvalue weighted by Crippen LogP contribution is -2.08. The second-order valence-electron chi connectivity index (χ2n) is 4.45. The molecule has 0 radical (unpaired) electrons. The first-order chi connectivity index (χ1) is 10.4. The molecule has 0 aliphatic rings. The highest BCUT2D eigenvalue weighted by atomic mass is 16.4. The van der Waals surface area contributed by atoms with Crippen molar-refractivity contribution in [3.05, 3.63) is 42.0 Å². The Balaban J connectivity index is 1.70. The first kappa shape index (κ1) is 13.2. The van der Waals surface area contributed by atoms with Crippen LogP contribution in [0.15, 0.2) is 34.7 Å². The average Bonchev–Trinajstić information content (AvgIpc) is 3.15. The zero-order valence-electron chi connectivity index (χ0n) is 11.6. The number of hydrogen-bond donors (Lipinski definition) is 1. The topological polar surface area (TPSA) is 94.5 Å². The van der Waals surface area contributed by atoms with Crippen LogP contribution in [0.25, 0.3) is 5.69 Å². The molecule has 0 bridgehead atoms. The highest BCUT2D eigenvalue weighted by molar-refractivity contribution is 5.31. The normalized spacial score (nSPS) is 10.7. The van der Waals surface area contributed by atoms with Gasteiger partial charge in [-0.25, -0.2) is 0 Å². The summed E-state index contributed by atoms with van der Waals surface area (Å²) in [6, 6.07) is 10.1. The predicted octanol–water partition coefficient (Wildman–Crippen LogP) is 1.61. The van der Waals surface area contributed by atoms with E-state index in [0.29, 0.717) is 24.3 Å². The molecule has 108 valence electrons. The summed E-state index contributed by atoms with van der Waals surface area (Å²) in [4.78, 5) is 0. The minimum absolute atomic E-state index is 0.376. The fraction of sp³-hybridized carbons (Fsp3) is 0.308. The predicted molar refractivity (Wildman–Crippen MR) is 74.8 cm³/mol. The molecule has 3 aromatic rings.